The summed E-state index contributed by atoms with van der Waals surface area (Å²) >= 11 is 11.5. The van der Waals surface area contributed by atoms with Gasteiger partial charge in [0.25, 0.3) is 5.69 Å². The average molecular weight is 465 g/mol. The first kappa shape index (κ1) is 24.4. The Morgan fingerprint density at radius 1 is 1.19 bits per heavy atom. The number of nitro groups is 1. The zero-order valence-electron chi connectivity index (χ0n) is 14.7. The Morgan fingerprint density at radius 2 is 1.78 bits per heavy atom. The molecule has 0 aliphatic carbocycles. The summed E-state index contributed by atoms with van der Waals surface area (Å²) < 4.78 is 43.1. The summed E-state index contributed by atoms with van der Waals surface area (Å²) in [6, 6.07) is 7.93. The molecule has 2 aromatic rings. The maximum absolute atomic E-state index is 12.1. The van der Waals surface area contributed by atoms with Crippen molar-refractivity contribution in [1.29, 1.82) is 0 Å². The molecule has 14 heteroatoms. The molecule has 2 N–H and O–H groups in total. The topological polar surface area (TPSA) is 136 Å². The van der Waals surface area contributed by atoms with Gasteiger partial charge in [0.1, 0.15) is 12.0 Å². The van der Waals surface area contributed by atoms with Gasteiger partial charge in [0.2, 0.25) is 10.0 Å². The summed E-state index contributed by atoms with van der Waals surface area (Å²) in [7, 11) is -8.55. The molecule has 0 bridgehead atoms. The largest absolute Gasteiger partial charge is 1.00 e. The molecule has 0 saturated heterocycles. The number of sulfonamides is 1. The number of nitro benzene ring substituents is 1. The number of nitrogens with one attached hydrogen (secondary N) is 1. The van der Waals surface area contributed by atoms with E-state index in [0.29, 0.717) is 0 Å². The molecular formula is C13H12Cl2N2NaO7PS. The van der Waals surface area contributed by atoms with Crippen LogP contribution in [-0.2, 0) is 14.6 Å². The van der Waals surface area contributed by atoms with Gasteiger partial charge in [-0.15, -0.1) is 0 Å². The van der Waals surface area contributed by atoms with E-state index in [4.69, 9.17) is 27.7 Å². The first-order chi connectivity index (χ1) is 12.0. The molecule has 1 atom stereocenters. The number of benzene rings is 2. The molecule has 0 radical (unpaired) electrons. The van der Waals surface area contributed by atoms with Gasteiger partial charge < -0.3 is 10.8 Å². The predicted molar refractivity (Wildman–Crippen MR) is 96.3 cm³/mol. The van der Waals surface area contributed by atoms with Crippen molar-refractivity contribution in [2.75, 3.05) is 6.29 Å². The SMILES string of the molecule is O=[N+]([O-])c1ccc(OP(=O)(O)CNS(=O)(=O)c2ccc(Cl)c(Cl)c2)cc1.[H-].[Na+]. The third kappa shape index (κ3) is 7.01. The third-order valence-electron chi connectivity index (χ3n) is 2.95. The minimum absolute atomic E-state index is 0. The van der Waals surface area contributed by atoms with Crippen molar-refractivity contribution in [2.24, 2.45) is 0 Å². The van der Waals surface area contributed by atoms with E-state index >= 15 is 0 Å². The fourth-order valence-corrected chi connectivity index (χ4v) is 4.62. The van der Waals surface area contributed by atoms with Gasteiger partial charge in [-0.05, 0) is 30.3 Å². The summed E-state index contributed by atoms with van der Waals surface area (Å²) in [5.41, 5.74) is -0.231. The van der Waals surface area contributed by atoms with E-state index in [2.05, 4.69) is 0 Å². The van der Waals surface area contributed by atoms with E-state index in [9.17, 15) is 28.0 Å². The quantitative estimate of drug-likeness (QED) is 0.263. The van der Waals surface area contributed by atoms with Crippen molar-refractivity contribution in [3.8, 4) is 5.75 Å². The van der Waals surface area contributed by atoms with E-state index in [1.165, 1.54) is 12.1 Å². The molecule has 2 rings (SSSR count). The van der Waals surface area contributed by atoms with Gasteiger partial charge in [0.05, 0.1) is 19.9 Å². The van der Waals surface area contributed by atoms with Crippen LogP contribution < -0.4 is 38.8 Å². The minimum atomic E-state index is -4.41. The number of hydrogen-bond acceptors (Lipinski definition) is 6. The molecule has 2 aromatic carbocycles. The van der Waals surface area contributed by atoms with Crippen LogP contribution in [0.1, 0.15) is 1.43 Å². The van der Waals surface area contributed by atoms with Crippen molar-refractivity contribution < 1.29 is 58.3 Å². The van der Waals surface area contributed by atoms with Crippen LogP contribution in [-0.4, -0.2) is 24.5 Å². The van der Waals surface area contributed by atoms with Crippen molar-refractivity contribution >= 4 is 46.5 Å². The van der Waals surface area contributed by atoms with Gasteiger partial charge >= 0.3 is 37.2 Å². The van der Waals surface area contributed by atoms with E-state index in [1.54, 1.807) is 0 Å². The molecule has 142 valence electrons. The maximum atomic E-state index is 12.1. The molecule has 0 aliphatic rings. The zero-order chi connectivity index (χ0) is 19.5. The van der Waals surface area contributed by atoms with Crippen molar-refractivity contribution in [1.82, 2.24) is 4.72 Å². The van der Waals surface area contributed by atoms with Gasteiger partial charge in [-0.2, -0.15) is 4.72 Å². The van der Waals surface area contributed by atoms with E-state index in [1.807, 2.05) is 4.72 Å². The van der Waals surface area contributed by atoms with Crippen molar-refractivity contribution in [2.45, 2.75) is 4.90 Å². The predicted octanol–water partition coefficient (Wildman–Crippen LogP) is 0.518. The van der Waals surface area contributed by atoms with Crippen LogP contribution in [0, 0.1) is 10.1 Å². The van der Waals surface area contributed by atoms with Crippen LogP contribution in [0.5, 0.6) is 5.75 Å². The second kappa shape index (κ2) is 9.69. The Kier molecular flexibility index (Phi) is 8.74. The van der Waals surface area contributed by atoms with E-state index < -0.39 is 28.8 Å². The third-order valence-corrected chi connectivity index (χ3v) is 6.36. The molecule has 1 unspecified atom stereocenters. The van der Waals surface area contributed by atoms with Crippen LogP contribution in [0.25, 0.3) is 0 Å². The van der Waals surface area contributed by atoms with Gasteiger partial charge in [-0.1, -0.05) is 23.2 Å². The summed E-state index contributed by atoms with van der Waals surface area (Å²) in [6.07, 6.45) is -0.924. The minimum Gasteiger partial charge on any atom is -1.00 e. The van der Waals surface area contributed by atoms with Gasteiger partial charge in [0.15, 0.2) is 0 Å². The molecule has 0 fully saturated rings. The first-order valence-electron chi connectivity index (χ1n) is 6.71. The van der Waals surface area contributed by atoms with Gasteiger partial charge in [-0.3, -0.25) is 10.1 Å². The van der Waals surface area contributed by atoms with Crippen molar-refractivity contribution in [3.05, 3.63) is 62.6 Å². The molecule has 9 nitrogen and oxygen atoms in total. The second-order valence-corrected chi connectivity index (χ2v) is 9.22. The number of hydrogen-bond donors (Lipinski definition) is 2. The number of halogens is 2. The molecule has 0 heterocycles. The number of rotatable bonds is 7. The van der Waals surface area contributed by atoms with Crippen LogP contribution in [0.15, 0.2) is 47.4 Å². The number of non-ortho nitro benzene ring substituents is 1. The monoisotopic (exact) mass is 464 g/mol. The Morgan fingerprint density at radius 3 is 2.30 bits per heavy atom. The number of nitrogens with zero attached hydrogens (tertiary/aromatic N) is 1. The molecule has 0 saturated carbocycles. The second-order valence-electron chi connectivity index (χ2n) is 4.86. The summed E-state index contributed by atoms with van der Waals surface area (Å²) in [5.74, 6) is -0.129. The van der Waals surface area contributed by atoms with Gasteiger partial charge in [-0.25, -0.2) is 13.0 Å². The Labute approximate surface area is 188 Å². The molecule has 0 aliphatic heterocycles. The van der Waals surface area contributed by atoms with Gasteiger partial charge in [0, 0.05) is 12.1 Å². The zero-order valence-corrected chi connectivity index (χ0v) is 18.9. The molecule has 0 aromatic heterocycles. The van der Waals surface area contributed by atoms with Crippen LogP contribution in [0.3, 0.4) is 0 Å². The smallest absolute Gasteiger partial charge is 1.00 e. The average Bonchev–Trinajstić information content (AvgIpc) is 2.56. The Bertz CT molecular complexity index is 995. The van der Waals surface area contributed by atoms with E-state index in [-0.39, 0.29) is 57.4 Å². The molecular weight excluding hydrogens is 453 g/mol. The first-order valence-corrected chi connectivity index (χ1v) is 10.7. The Balaban J connectivity index is 0.00000364. The fourth-order valence-electron chi connectivity index (χ4n) is 1.72. The molecule has 27 heavy (non-hydrogen) atoms. The molecule has 0 spiro atoms. The molecule has 0 amide bonds. The maximum Gasteiger partial charge on any atom is 1.00 e. The van der Waals surface area contributed by atoms with Crippen LogP contribution >= 0.6 is 30.8 Å². The van der Waals surface area contributed by atoms with E-state index in [0.717, 1.165) is 30.3 Å². The fraction of sp³-hybridized carbons (Fsp3) is 0.0769. The van der Waals surface area contributed by atoms with Crippen LogP contribution in [0.4, 0.5) is 5.69 Å². The Hall–Kier alpha value is -0.680. The van der Waals surface area contributed by atoms with Crippen LogP contribution in [0.2, 0.25) is 10.0 Å². The summed E-state index contributed by atoms with van der Waals surface area (Å²) in [5, 5.41) is 10.7. The summed E-state index contributed by atoms with van der Waals surface area (Å²) in [4.78, 5) is 19.4. The summed E-state index contributed by atoms with van der Waals surface area (Å²) in [6.45, 7) is 0. The normalized spacial score (nSPS) is 13.3. The van der Waals surface area contributed by atoms with Crippen molar-refractivity contribution in [3.63, 3.8) is 0 Å². The standard InChI is InChI=1S/C13H11Cl2N2O7PS.Na.H/c14-12-6-5-11(7-13(12)15)26(22,23)16-8-25(20,21)24-10-3-1-9(2-4-10)17(18)19;;/h1-7,16H,8H2,(H,20,21);;/q;+1;-1.